The van der Waals surface area contributed by atoms with Crippen molar-refractivity contribution in [3.8, 4) is 0 Å². The molecule has 1 amide bonds. The Morgan fingerprint density at radius 2 is 2.05 bits per heavy atom. The summed E-state index contributed by atoms with van der Waals surface area (Å²) >= 11 is 0. The zero-order valence-corrected chi connectivity index (χ0v) is 13.3. The van der Waals surface area contributed by atoms with Crippen LogP contribution < -0.4 is 5.32 Å². The van der Waals surface area contributed by atoms with Crippen molar-refractivity contribution in [2.75, 3.05) is 59.5 Å². The molecule has 0 aromatic rings. The Morgan fingerprint density at radius 1 is 1.30 bits per heavy atom. The lowest BCUT2D eigenvalue weighted by Gasteiger charge is -2.33. The summed E-state index contributed by atoms with van der Waals surface area (Å²) in [6, 6.07) is 0. The first-order chi connectivity index (χ1) is 9.29. The number of piperazine rings is 1. The zero-order chi connectivity index (χ0) is 13.5. The molecule has 0 radical (unpaired) electrons. The van der Waals surface area contributed by atoms with E-state index in [1.165, 1.54) is 12.8 Å². The number of amides is 1. The van der Waals surface area contributed by atoms with Crippen LogP contribution in [0.2, 0.25) is 0 Å². The molecule has 1 N–H and O–H groups in total. The van der Waals surface area contributed by atoms with Gasteiger partial charge in [-0.2, -0.15) is 0 Å². The molecule has 0 aliphatic carbocycles. The van der Waals surface area contributed by atoms with Crippen LogP contribution in [0.25, 0.3) is 0 Å². The van der Waals surface area contributed by atoms with Crippen molar-refractivity contribution in [2.45, 2.75) is 19.3 Å². The predicted molar refractivity (Wildman–Crippen MR) is 82.4 cm³/mol. The second kappa shape index (κ2) is 9.55. The molecule has 1 atom stereocenters. The summed E-state index contributed by atoms with van der Waals surface area (Å²) < 4.78 is 5.24. The summed E-state index contributed by atoms with van der Waals surface area (Å²) in [4.78, 5) is 16.5. The number of likely N-dealkylation sites (tertiary alicyclic amines) is 1. The Kier molecular flexibility index (Phi) is 8.45. The number of carbonyl (C=O) groups is 1. The van der Waals surface area contributed by atoms with E-state index in [0.717, 1.165) is 52.4 Å². The number of hydrogen-bond acceptors (Lipinski definition) is 4. The molecule has 5 nitrogen and oxygen atoms in total. The number of piperidine rings is 1. The second-order valence-electron chi connectivity index (χ2n) is 5.64. The van der Waals surface area contributed by atoms with Crippen LogP contribution in [0.5, 0.6) is 0 Å². The van der Waals surface area contributed by atoms with Gasteiger partial charge in [0.15, 0.2) is 0 Å². The molecule has 1 unspecified atom stereocenters. The maximum atomic E-state index is 12.1. The Morgan fingerprint density at radius 3 is 2.75 bits per heavy atom. The number of rotatable bonds is 5. The van der Waals surface area contributed by atoms with E-state index >= 15 is 0 Å². The van der Waals surface area contributed by atoms with Crippen LogP contribution in [0, 0.1) is 5.92 Å². The Balaban J connectivity index is 0.00000200. The van der Waals surface area contributed by atoms with Gasteiger partial charge in [0.1, 0.15) is 0 Å². The molecule has 2 aliphatic heterocycles. The molecule has 2 aliphatic rings. The molecule has 118 valence electrons. The molecule has 0 saturated carbocycles. The quantitative estimate of drug-likeness (QED) is 0.807. The Bertz CT molecular complexity index is 284. The molecule has 6 heteroatoms. The summed E-state index contributed by atoms with van der Waals surface area (Å²) in [5, 5.41) is 3.28. The summed E-state index contributed by atoms with van der Waals surface area (Å²) in [7, 11) is 1.77. The molecule has 2 fully saturated rings. The average molecular weight is 306 g/mol. The third-order valence-electron chi connectivity index (χ3n) is 4.12. The minimum absolute atomic E-state index is 0. The largest absolute Gasteiger partial charge is 0.384 e. The molecule has 0 bridgehead atoms. The van der Waals surface area contributed by atoms with Crippen LogP contribution in [0.15, 0.2) is 0 Å². The molecule has 2 saturated heterocycles. The van der Waals surface area contributed by atoms with Gasteiger partial charge in [-0.05, 0) is 25.3 Å². The van der Waals surface area contributed by atoms with Crippen LogP contribution >= 0.6 is 12.4 Å². The maximum Gasteiger partial charge on any atom is 0.223 e. The molecule has 0 spiro atoms. The van der Waals surface area contributed by atoms with Gasteiger partial charge in [0, 0.05) is 52.8 Å². The molecular weight excluding hydrogens is 278 g/mol. The van der Waals surface area contributed by atoms with Crippen molar-refractivity contribution >= 4 is 18.3 Å². The molecular formula is C14H28ClN3O2. The van der Waals surface area contributed by atoms with E-state index in [4.69, 9.17) is 4.74 Å². The minimum Gasteiger partial charge on any atom is -0.384 e. The predicted octanol–water partition coefficient (Wildman–Crippen LogP) is 0.589. The fourth-order valence-corrected chi connectivity index (χ4v) is 3.05. The number of nitrogens with one attached hydrogen (secondary N) is 1. The van der Waals surface area contributed by atoms with Crippen LogP contribution in [0.4, 0.5) is 0 Å². The highest BCUT2D eigenvalue weighted by Gasteiger charge is 2.21. The van der Waals surface area contributed by atoms with Crippen molar-refractivity contribution in [2.24, 2.45) is 5.92 Å². The molecule has 0 aromatic carbocycles. The number of halogens is 1. The van der Waals surface area contributed by atoms with Gasteiger partial charge in [0.25, 0.3) is 0 Å². The third kappa shape index (κ3) is 5.56. The first-order valence-electron chi connectivity index (χ1n) is 7.49. The van der Waals surface area contributed by atoms with Gasteiger partial charge in [-0.3, -0.25) is 4.79 Å². The highest BCUT2D eigenvalue weighted by molar-refractivity contribution is 5.85. The number of nitrogens with zero attached hydrogens (tertiary/aromatic N) is 2. The highest BCUT2D eigenvalue weighted by Crippen LogP contribution is 2.16. The SMILES string of the molecule is COCC1CCCN(CCC(=O)N2CCNCC2)C1.Cl. The van der Waals surface area contributed by atoms with Crippen molar-refractivity contribution in [1.29, 1.82) is 0 Å². The lowest BCUT2D eigenvalue weighted by atomic mass is 9.99. The Labute approximate surface area is 128 Å². The zero-order valence-electron chi connectivity index (χ0n) is 12.5. The highest BCUT2D eigenvalue weighted by atomic mass is 35.5. The number of ether oxygens (including phenoxy) is 1. The van der Waals surface area contributed by atoms with Crippen molar-refractivity contribution < 1.29 is 9.53 Å². The number of hydrogen-bond donors (Lipinski definition) is 1. The summed E-state index contributed by atoms with van der Waals surface area (Å²) in [6.45, 7) is 7.58. The third-order valence-corrected chi connectivity index (χ3v) is 4.12. The normalized spacial score (nSPS) is 24.2. The van der Waals surface area contributed by atoms with Crippen LogP contribution in [-0.4, -0.2) is 75.2 Å². The monoisotopic (exact) mass is 305 g/mol. The number of carbonyl (C=O) groups excluding carboxylic acids is 1. The smallest absolute Gasteiger partial charge is 0.223 e. The van der Waals surface area contributed by atoms with Gasteiger partial charge in [0.05, 0.1) is 6.61 Å². The maximum absolute atomic E-state index is 12.1. The fraction of sp³-hybridized carbons (Fsp3) is 0.929. The van der Waals surface area contributed by atoms with Gasteiger partial charge in [-0.15, -0.1) is 12.4 Å². The van der Waals surface area contributed by atoms with Gasteiger partial charge >= 0.3 is 0 Å². The van der Waals surface area contributed by atoms with Crippen molar-refractivity contribution in [3.63, 3.8) is 0 Å². The molecule has 0 aromatic heterocycles. The lowest BCUT2D eigenvalue weighted by Crippen LogP contribution is -2.47. The van der Waals surface area contributed by atoms with Crippen molar-refractivity contribution in [3.05, 3.63) is 0 Å². The lowest BCUT2D eigenvalue weighted by molar-refractivity contribution is -0.132. The van der Waals surface area contributed by atoms with Crippen LogP contribution in [0.3, 0.4) is 0 Å². The van der Waals surface area contributed by atoms with E-state index in [1.54, 1.807) is 7.11 Å². The standard InChI is InChI=1S/C14H27N3O2.ClH/c1-19-12-13-3-2-7-16(11-13)8-4-14(18)17-9-5-15-6-10-17;/h13,15H,2-12H2,1H3;1H. The van der Waals surface area contributed by atoms with Crippen molar-refractivity contribution in [1.82, 2.24) is 15.1 Å². The van der Waals surface area contributed by atoms with E-state index in [0.29, 0.717) is 18.2 Å². The summed E-state index contributed by atoms with van der Waals surface area (Å²) in [5.41, 5.74) is 0. The van der Waals surface area contributed by atoms with Crippen LogP contribution in [0.1, 0.15) is 19.3 Å². The second-order valence-corrected chi connectivity index (χ2v) is 5.64. The average Bonchev–Trinajstić information content (AvgIpc) is 2.46. The van der Waals surface area contributed by atoms with E-state index in [1.807, 2.05) is 4.90 Å². The first kappa shape index (κ1) is 17.7. The van der Waals surface area contributed by atoms with Gasteiger partial charge in [-0.25, -0.2) is 0 Å². The van der Waals surface area contributed by atoms with Gasteiger partial charge in [0.2, 0.25) is 5.91 Å². The molecule has 20 heavy (non-hydrogen) atoms. The van der Waals surface area contributed by atoms with E-state index in [-0.39, 0.29) is 12.4 Å². The first-order valence-corrected chi connectivity index (χ1v) is 7.49. The fourth-order valence-electron chi connectivity index (χ4n) is 3.05. The topological polar surface area (TPSA) is 44.8 Å². The summed E-state index contributed by atoms with van der Waals surface area (Å²) in [6.07, 6.45) is 3.16. The van der Waals surface area contributed by atoms with E-state index in [9.17, 15) is 4.79 Å². The van der Waals surface area contributed by atoms with E-state index in [2.05, 4.69) is 10.2 Å². The molecule has 2 heterocycles. The number of methoxy groups -OCH3 is 1. The van der Waals surface area contributed by atoms with Gasteiger partial charge < -0.3 is 19.9 Å². The van der Waals surface area contributed by atoms with Crippen LogP contribution in [-0.2, 0) is 9.53 Å². The van der Waals surface area contributed by atoms with E-state index < -0.39 is 0 Å². The molecule has 2 rings (SSSR count). The minimum atomic E-state index is 0. The summed E-state index contributed by atoms with van der Waals surface area (Å²) in [5.74, 6) is 0.961. The Hall–Kier alpha value is -0.360. The van der Waals surface area contributed by atoms with Gasteiger partial charge in [-0.1, -0.05) is 0 Å².